The number of rotatable bonds is 6. The van der Waals surface area contributed by atoms with Crippen molar-refractivity contribution in [3.8, 4) is 11.4 Å². The number of nitrogens with one attached hydrogen (secondary N) is 2. The van der Waals surface area contributed by atoms with Gasteiger partial charge in [-0.3, -0.25) is 4.98 Å². The largest absolute Gasteiger partial charge is 0.478 e. The third-order valence-corrected chi connectivity index (χ3v) is 3.16. The summed E-state index contributed by atoms with van der Waals surface area (Å²) in [6.45, 7) is 0.647. The highest BCUT2D eigenvalue weighted by Gasteiger charge is 2.08. The van der Waals surface area contributed by atoms with E-state index in [1.54, 1.807) is 24.8 Å². The Bertz CT molecular complexity index is 803. The molecule has 0 saturated carbocycles. The maximum absolute atomic E-state index is 11.0. The molecule has 23 heavy (non-hydrogen) atoms. The first-order valence-electron chi connectivity index (χ1n) is 6.96. The normalized spacial score (nSPS) is 10.4. The molecule has 3 aromatic heterocycles. The number of nitrogens with zero attached hydrogens (tertiary/aromatic N) is 4. The van der Waals surface area contributed by atoms with E-state index in [0.29, 0.717) is 23.9 Å². The summed E-state index contributed by atoms with van der Waals surface area (Å²) in [5.41, 5.74) is 2.24. The minimum Gasteiger partial charge on any atom is -0.478 e. The van der Waals surface area contributed by atoms with Crippen molar-refractivity contribution in [3.63, 3.8) is 0 Å². The molecule has 0 amide bonds. The average molecular weight is 310 g/mol. The molecule has 8 heteroatoms. The Hall–Kier alpha value is -3.29. The van der Waals surface area contributed by atoms with Gasteiger partial charge in [-0.1, -0.05) is 0 Å². The summed E-state index contributed by atoms with van der Waals surface area (Å²) in [5.74, 6) is -0.537. The molecular weight excluding hydrogens is 296 g/mol. The molecule has 0 bridgehead atoms. The van der Waals surface area contributed by atoms with Gasteiger partial charge in [-0.25, -0.2) is 19.7 Å². The Balaban J connectivity index is 1.72. The van der Waals surface area contributed by atoms with Gasteiger partial charge in [-0.15, -0.1) is 0 Å². The molecule has 116 valence electrons. The lowest BCUT2D eigenvalue weighted by atomic mass is 10.2. The molecule has 0 unspecified atom stereocenters. The van der Waals surface area contributed by atoms with Gasteiger partial charge in [0.2, 0.25) is 5.95 Å². The van der Waals surface area contributed by atoms with Crippen molar-refractivity contribution >= 4 is 11.9 Å². The van der Waals surface area contributed by atoms with Crippen molar-refractivity contribution in [2.24, 2.45) is 0 Å². The van der Waals surface area contributed by atoms with Crippen LogP contribution in [0, 0.1) is 0 Å². The number of carbonyl (C=O) groups is 1. The number of carboxylic acids is 1. The number of H-pyrrole nitrogens is 1. The standard InChI is InChI=1S/C15H14N6O2/c22-14(23)10-1-4-17-13(7-10)12-3-6-19-15(21-12)18-5-2-11-8-16-9-20-11/h1,3-4,6-9H,2,5H2,(H,16,20)(H,22,23)(H,18,19,21). The number of pyridine rings is 1. The number of aromatic nitrogens is 5. The van der Waals surface area contributed by atoms with E-state index in [0.717, 1.165) is 12.1 Å². The lowest BCUT2D eigenvalue weighted by Gasteiger charge is -2.06. The van der Waals surface area contributed by atoms with Crippen LogP contribution < -0.4 is 5.32 Å². The van der Waals surface area contributed by atoms with Gasteiger partial charge in [0, 0.05) is 37.3 Å². The number of aromatic carboxylic acids is 1. The monoisotopic (exact) mass is 310 g/mol. The van der Waals surface area contributed by atoms with Gasteiger partial charge in [0.1, 0.15) is 0 Å². The van der Waals surface area contributed by atoms with Crippen LogP contribution >= 0.6 is 0 Å². The second kappa shape index (κ2) is 6.65. The highest BCUT2D eigenvalue weighted by Crippen LogP contribution is 2.16. The Morgan fingerprint density at radius 2 is 2.09 bits per heavy atom. The van der Waals surface area contributed by atoms with Crippen LogP contribution in [0.3, 0.4) is 0 Å². The van der Waals surface area contributed by atoms with E-state index in [2.05, 4.69) is 30.2 Å². The minimum absolute atomic E-state index is 0.169. The van der Waals surface area contributed by atoms with E-state index in [4.69, 9.17) is 5.11 Å². The predicted octanol–water partition coefficient (Wildman–Crippen LogP) is 1.61. The zero-order chi connectivity index (χ0) is 16.1. The highest BCUT2D eigenvalue weighted by atomic mass is 16.4. The van der Waals surface area contributed by atoms with Crippen LogP contribution in [0.4, 0.5) is 5.95 Å². The lowest BCUT2D eigenvalue weighted by molar-refractivity contribution is 0.0697. The Morgan fingerprint density at radius 3 is 2.87 bits per heavy atom. The second-order valence-corrected chi connectivity index (χ2v) is 4.75. The van der Waals surface area contributed by atoms with Crippen LogP contribution in [-0.4, -0.2) is 42.5 Å². The van der Waals surface area contributed by atoms with E-state index in [9.17, 15) is 4.79 Å². The first-order chi connectivity index (χ1) is 11.2. The smallest absolute Gasteiger partial charge is 0.335 e. The molecule has 0 aliphatic rings. The Labute approximate surface area is 131 Å². The van der Waals surface area contributed by atoms with Crippen LogP contribution in [0.1, 0.15) is 16.1 Å². The molecule has 0 fully saturated rings. The molecule has 0 spiro atoms. The zero-order valence-electron chi connectivity index (χ0n) is 12.1. The number of imidazole rings is 1. The Kier molecular flexibility index (Phi) is 4.23. The van der Waals surface area contributed by atoms with E-state index in [-0.39, 0.29) is 5.56 Å². The van der Waals surface area contributed by atoms with Gasteiger partial charge in [-0.05, 0) is 18.2 Å². The lowest BCUT2D eigenvalue weighted by Crippen LogP contribution is -2.08. The molecule has 0 saturated heterocycles. The summed E-state index contributed by atoms with van der Waals surface area (Å²) in [4.78, 5) is 30.7. The van der Waals surface area contributed by atoms with Gasteiger partial charge >= 0.3 is 5.97 Å². The number of aromatic amines is 1. The van der Waals surface area contributed by atoms with Crippen LogP contribution in [0.25, 0.3) is 11.4 Å². The molecule has 0 aromatic carbocycles. The van der Waals surface area contributed by atoms with Gasteiger partial charge < -0.3 is 15.4 Å². The summed E-state index contributed by atoms with van der Waals surface area (Å²) in [5, 5.41) is 12.2. The summed E-state index contributed by atoms with van der Waals surface area (Å²) in [7, 11) is 0. The van der Waals surface area contributed by atoms with Crippen molar-refractivity contribution in [1.82, 2.24) is 24.9 Å². The first kappa shape index (κ1) is 14.6. The maximum Gasteiger partial charge on any atom is 0.335 e. The third-order valence-electron chi connectivity index (χ3n) is 3.16. The molecule has 3 N–H and O–H groups in total. The number of anilines is 1. The van der Waals surface area contributed by atoms with Crippen LogP contribution in [-0.2, 0) is 6.42 Å². The molecular formula is C15H14N6O2. The maximum atomic E-state index is 11.0. The summed E-state index contributed by atoms with van der Waals surface area (Å²) in [6.07, 6.45) is 7.22. The molecule has 0 atom stereocenters. The van der Waals surface area contributed by atoms with Crippen molar-refractivity contribution in [2.75, 3.05) is 11.9 Å². The van der Waals surface area contributed by atoms with Gasteiger partial charge in [-0.2, -0.15) is 0 Å². The SMILES string of the molecule is O=C(O)c1ccnc(-c2ccnc(NCCc3cnc[nH]3)n2)c1. The first-order valence-corrected chi connectivity index (χ1v) is 6.96. The topological polar surface area (TPSA) is 117 Å². The number of hydrogen-bond acceptors (Lipinski definition) is 6. The van der Waals surface area contributed by atoms with Crippen molar-refractivity contribution in [3.05, 3.63) is 54.4 Å². The Morgan fingerprint density at radius 1 is 1.22 bits per heavy atom. The van der Waals surface area contributed by atoms with E-state index in [1.807, 2.05) is 0 Å². The van der Waals surface area contributed by atoms with E-state index in [1.165, 1.54) is 18.3 Å². The fraction of sp³-hybridized carbons (Fsp3) is 0.133. The van der Waals surface area contributed by atoms with Crippen LogP contribution in [0.5, 0.6) is 0 Å². The third kappa shape index (κ3) is 3.67. The molecule has 0 aliphatic heterocycles. The number of hydrogen-bond donors (Lipinski definition) is 3. The predicted molar refractivity (Wildman–Crippen MR) is 83.0 cm³/mol. The van der Waals surface area contributed by atoms with Gasteiger partial charge in [0.25, 0.3) is 0 Å². The quantitative estimate of drug-likeness (QED) is 0.633. The van der Waals surface area contributed by atoms with E-state index >= 15 is 0 Å². The molecule has 3 heterocycles. The molecule has 3 aromatic rings. The zero-order valence-corrected chi connectivity index (χ0v) is 12.1. The summed E-state index contributed by atoms with van der Waals surface area (Å²) in [6, 6.07) is 4.61. The fourth-order valence-corrected chi connectivity index (χ4v) is 2.02. The second-order valence-electron chi connectivity index (χ2n) is 4.75. The van der Waals surface area contributed by atoms with Gasteiger partial charge in [0.15, 0.2) is 0 Å². The van der Waals surface area contributed by atoms with E-state index < -0.39 is 5.97 Å². The molecule has 8 nitrogen and oxygen atoms in total. The van der Waals surface area contributed by atoms with Crippen molar-refractivity contribution in [2.45, 2.75) is 6.42 Å². The van der Waals surface area contributed by atoms with Crippen molar-refractivity contribution < 1.29 is 9.90 Å². The van der Waals surface area contributed by atoms with Crippen molar-refractivity contribution in [1.29, 1.82) is 0 Å². The van der Waals surface area contributed by atoms with Crippen LogP contribution in [0.2, 0.25) is 0 Å². The van der Waals surface area contributed by atoms with Crippen LogP contribution in [0.15, 0.2) is 43.1 Å². The molecule has 0 aliphatic carbocycles. The minimum atomic E-state index is -0.999. The number of carboxylic acid groups (broad SMARTS) is 1. The fourth-order valence-electron chi connectivity index (χ4n) is 2.02. The highest BCUT2D eigenvalue weighted by molar-refractivity contribution is 5.88. The summed E-state index contributed by atoms with van der Waals surface area (Å²) < 4.78 is 0. The van der Waals surface area contributed by atoms with Gasteiger partial charge in [0.05, 0.1) is 23.3 Å². The average Bonchev–Trinajstić information content (AvgIpc) is 3.09. The molecule has 3 rings (SSSR count). The molecule has 0 radical (unpaired) electrons. The summed E-state index contributed by atoms with van der Waals surface area (Å²) >= 11 is 0.